The van der Waals surface area contributed by atoms with Crippen molar-refractivity contribution in [2.24, 2.45) is 5.92 Å². The molecule has 84 valence electrons. The molecule has 1 atom stereocenters. The van der Waals surface area contributed by atoms with Gasteiger partial charge in [0.25, 0.3) is 0 Å². The van der Waals surface area contributed by atoms with Crippen LogP contribution in [0.2, 0.25) is 0 Å². The van der Waals surface area contributed by atoms with Crippen molar-refractivity contribution in [3.8, 4) is 0 Å². The Balaban J connectivity index is 1.91. The van der Waals surface area contributed by atoms with E-state index in [9.17, 15) is 0 Å². The molecular formula is C12H25NO. The molecule has 2 N–H and O–H groups in total. The number of aliphatic hydroxyl groups is 1. The summed E-state index contributed by atoms with van der Waals surface area (Å²) in [5, 5.41) is 12.2. The van der Waals surface area contributed by atoms with Gasteiger partial charge in [0.05, 0.1) is 0 Å². The molecule has 1 aliphatic carbocycles. The minimum Gasteiger partial charge on any atom is -0.396 e. The van der Waals surface area contributed by atoms with Crippen LogP contribution >= 0.6 is 0 Å². The quantitative estimate of drug-likeness (QED) is 0.659. The summed E-state index contributed by atoms with van der Waals surface area (Å²) >= 11 is 0. The van der Waals surface area contributed by atoms with Gasteiger partial charge in [-0.05, 0) is 38.6 Å². The fourth-order valence-corrected chi connectivity index (χ4v) is 2.33. The minimum atomic E-state index is 0.328. The summed E-state index contributed by atoms with van der Waals surface area (Å²) in [6.07, 6.45) is 9.18. The summed E-state index contributed by atoms with van der Waals surface area (Å²) in [4.78, 5) is 0. The van der Waals surface area contributed by atoms with Gasteiger partial charge in [-0.1, -0.05) is 25.7 Å². The zero-order valence-corrected chi connectivity index (χ0v) is 9.47. The van der Waals surface area contributed by atoms with E-state index in [-0.39, 0.29) is 0 Å². The highest BCUT2D eigenvalue weighted by atomic mass is 16.2. The second kappa shape index (κ2) is 7.24. The third-order valence-corrected chi connectivity index (χ3v) is 3.32. The average molecular weight is 199 g/mol. The lowest BCUT2D eigenvalue weighted by Gasteiger charge is -2.15. The molecule has 0 aromatic carbocycles. The molecule has 1 rings (SSSR count). The molecule has 0 bridgehead atoms. The fourth-order valence-electron chi connectivity index (χ4n) is 2.33. The highest BCUT2D eigenvalue weighted by molar-refractivity contribution is 4.69. The third kappa shape index (κ3) is 4.97. The van der Waals surface area contributed by atoms with Crippen LogP contribution < -0.4 is 5.32 Å². The van der Waals surface area contributed by atoms with Gasteiger partial charge in [-0.3, -0.25) is 0 Å². The topological polar surface area (TPSA) is 32.3 Å². The van der Waals surface area contributed by atoms with Crippen LogP contribution in [0.5, 0.6) is 0 Å². The Morgan fingerprint density at radius 1 is 1.36 bits per heavy atom. The SMILES string of the molecule is CC(CCCO)NCCC1CCCC1. The Kier molecular flexibility index (Phi) is 6.20. The molecule has 0 heterocycles. The number of rotatable bonds is 7. The smallest absolute Gasteiger partial charge is 0.0431 e. The van der Waals surface area contributed by atoms with Crippen LogP contribution in [0.1, 0.15) is 51.9 Å². The van der Waals surface area contributed by atoms with E-state index in [0.717, 1.165) is 25.3 Å². The van der Waals surface area contributed by atoms with E-state index in [0.29, 0.717) is 12.6 Å². The highest BCUT2D eigenvalue weighted by Crippen LogP contribution is 2.26. The fraction of sp³-hybridized carbons (Fsp3) is 1.00. The molecule has 0 radical (unpaired) electrons. The molecule has 0 saturated heterocycles. The van der Waals surface area contributed by atoms with E-state index in [4.69, 9.17) is 5.11 Å². The van der Waals surface area contributed by atoms with Crippen molar-refractivity contribution in [2.45, 2.75) is 57.9 Å². The first-order chi connectivity index (χ1) is 6.83. The van der Waals surface area contributed by atoms with E-state index in [1.807, 2.05) is 0 Å². The summed E-state index contributed by atoms with van der Waals surface area (Å²) in [6.45, 7) is 3.70. The Labute approximate surface area is 88.1 Å². The molecule has 0 amide bonds. The molecule has 2 heteroatoms. The van der Waals surface area contributed by atoms with Gasteiger partial charge in [-0.25, -0.2) is 0 Å². The third-order valence-electron chi connectivity index (χ3n) is 3.32. The lowest BCUT2D eigenvalue weighted by atomic mass is 10.0. The maximum absolute atomic E-state index is 8.69. The average Bonchev–Trinajstić information content (AvgIpc) is 2.67. The predicted molar refractivity (Wildman–Crippen MR) is 60.4 cm³/mol. The predicted octanol–water partition coefficient (Wildman–Crippen LogP) is 2.32. The van der Waals surface area contributed by atoms with Crippen LogP contribution in [-0.2, 0) is 0 Å². The van der Waals surface area contributed by atoms with Crippen molar-refractivity contribution in [2.75, 3.05) is 13.2 Å². The van der Waals surface area contributed by atoms with Crippen LogP contribution in [0, 0.1) is 5.92 Å². The summed E-state index contributed by atoms with van der Waals surface area (Å²) < 4.78 is 0. The highest BCUT2D eigenvalue weighted by Gasteiger charge is 2.14. The monoisotopic (exact) mass is 199 g/mol. The first-order valence-corrected chi connectivity index (χ1v) is 6.17. The maximum Gasteiger partial charge on any atom is 0.0431 e. The van der Waals surface area contributed by atoms with Gasteiger partial charge < -0.3 is 10.4 Å². The zero-order valence-electron chi connectivity index (χ0n) is 9.47. The molecule has 1 saturated carbocycles. The van der Waals surface area contributed by atoms with E-state index >= 15 is 0 Å². The molecule has 2 nitrogen and oxygen atoms in total. The lowest BCUT2D eigenvalue weighted by Crippen LogP contribution is -2.28. The summed E-state index contributed by atoms with van der Waals surface area (Å²) in [7, 11) is 0. The van der Waals surface area contributed by atoms with Crippen molar-refractivity contribution in [1.29, 1.82) is 0 Å². The van der Waals surface area contributed by atoms with E-state index in [2.05, 4.69) is 12.2 Å². The van der Waals surface area contributed by atoms with Crippen LogP contribution in [-0.4, -0.2) is 24.3 Å². The number of hydrogen-bond donors (Lipinski definition) is 2. The van der Waals surface area contributed by atoms with Gasteiger partial charge in [0.15, 0.2) is 0 Å². The Hall–Kier alpha value is -0.0800. The molecule has 0 aliphatic heterocycles. The first kappa shape index (κ1) is 12.0. The van der Waals surface area contributed by atoms with Crippen LogP contribution in [0.25, 0.3) is 0 Å². The van der Waals surface area contributed by atoms with Crippen molar-refractivity contribution in [3.05, 3.63) is 0 Å². The van der Waals surface area contributed by atoms with Crippen LogP contribution in [0.4, 0.5) is 0 Å². The molecule has 0 aromatic heterocycles. The molecule has 1 unspecified atom stereocenters. The Bertz CT molecular complexity index is 132. The Morgan fingerprint density at radius 2 is 2.07 bits per heavy atom. The van der Waals surface area contributed by atoms with Gasteiger partial charge in [0.2, 0.25) is 0 Å². The van der Waals surface area contributed by atoms with Gasteiger partial charge in [-0.15, -0.1) is 0 Å². The maximum atomic E-state index is 8.69. The van der Waals surface area contributed by atoms with Crippen molar-refractivity contribution >= 4 is 0 Å². The number of aliphatic hydroxyl groups excluding tert-OH is 1. The van der Waals surface area contributed by atoms with Crippen molar-refractivity contribution < 1.29 is 5.11 Å². The summed E-state index contributed by atoms with van der Waals surface area (Å²) in [5.41, 5.74) is 0. The standard InChI is InChI=1S/C12H25NO/c1-11(5-4-10-14)13-9-8-12-6-2-3-7-12/h11-14H,2-10H2,1H3. The summed E-state index contributed by atoms with van der Waals surface area (Å²) in [5.74, 6) is 0.993. The van der Waals surface area contributed by atoms with Gasteiger partial charge in [-0.2, -0.15) is 0 Å². The first-order valence-electron chi connectivity index (χ1n) is 6.17. The normalized spacial score (nSPS) is 20.1. The van der Waals surface area contributed by atoms with Crippen molar-refractivity contribution in [1.82, 2.24) is 5.32 Å². The van der Waals surface area contributed by atoms with E-state index in [1.54, 1.807) is 0 Å². The van der Waals surface area contributed by atoms with Crippen molar-refractivity contribution in [3.63, 3.8) is 0 Å². The molecule has 14 heavy (non-hydrogen) atoms. The number of nitrogens with one attached hydrogen (secondary N) is 1. The second-order valence-corrected chi connectivity index (χ2v) is 4.66. The zero-order chi connectivity index (χ0) is 10.2. The largest absolute Gasteiger partial charge is 0.396 e. The second-order valence-electron chi connectivity index (χ2n) is 4.66. The van der Waals surface area contributed by atoms with Crippen LogP contribution in [0.3, 0.4) is 0 Å². The van der Waals surface area contributed by atoms with Crippen LogP contribution in [0.15, 0.2) is 0 Å². The van der Waals surface area contributed by atoms with Gasteiger partial charge >= 0.3 is 0 Å². The lowest BCUT2D eigenvalue weighted by molar-refractivity contribution is 0.276. The molecule has 0 aromatic rings. The molecule has 1 aliphatic rings. The number of hydrogen-bond acceptors (Lipinski definition) is 2. The molecular weight excluding hydrogens is 174 g/mol. The van der Waals surface area contributed by atoms with Gasteiger partial charge in [0.1, 0.15) is 0 Å². The molecule has 1 fully saturated rings. The molecule has 0 spiro atoms. The Morgan fingerprint density at radius 3 is 2.71 bits per heavy atom. The van der Waals surface area contributed by atoms with E-state index < -0.39 is 0 Å². The van der Waals surface area contributed by atoms with Gasteiger partial charge in [0, 0.05) is 12.6 Å². The summed E-state index contributed by atoms with van der Waals surface area (Å²) in [6, 6.07) is 0.573. The minimum absolute atomic E-state index is 0.328. The van der Waals surface area contributed by atoms with E-state index in [1.165, 1.54) is 32.1 Å².